The number of halogens is 1. The van der Waals surface area contributed by atoms with Crippen LogP contribution in [0.1, 0.15) is 48.4 Å². The van der Waals surface area contributed by atoms with E-state index in [0.717, 1.165) is 51.0 Å². The van der Waals surface area contributed by atoms with Crippen molar-refractivity contribution in [3.63, 3.8) is 0 Å². The second-order valence-electron chi connectivity index (χ2n) is 9.89. The highest BCUT2D eigenvalue weighted by Gasteiger charge is 2.34. The maximum Gasteiger partial charge on any atom is 0.263 e. The van der Waals surface area contributed by atoms with E-state index in [4.69, 9.17) is 4.98 Å². The van der Waals surface area contributed by atoms with Crippen LogP contribution in [0.4, 0.5) is 10.2 Å². The van der Waals surface area contributed by atoms with Gasteiger partial charge in [0.25, 0.3) is 5.56 Å². The number of pyridine rings is 1. The molecule has 3 aliphatic rings. The summed E-state index contributed by atoms with van der Waals surface area (Å²) in [4.78, 5) is 25.6. The van der Waals surface area contributed by atoms with E-state index in [2.05, 4.69) is 15.2 Å². The second-order valence-corrected chi connectivity index (χ2v) is 9.89. The van der Waals surface area contributed by atoms with Gasteiger partial charge in [-0.15, -0.1) is 0 Å². The van der Waals surface area contributed by atoms with Gasteiger partial charge in [-0.1, -0.05) is 0 Å². The highest BCUT2D eigenvalue weighted by atomic mass is 19.1. The Kier molecular flexibility index (Phi) is 5.37. The van der Waals surface area contributed by atoms with Gasteiger partial charge < -0.3 is 10.2 Å². The number of nitrogens with one attached hydrogen (secondary N) is 1. The number of nitriles is 1. The molecule has 1 saturated carbocycles. The predicted octanol–water partition coefficient (Wildman–Crippen LogP) is 3.68. The Morgan fingerprint density at radius 3 is 2.74 bits per heavy atom. The van der Waals surface area contributed by atoms with E-state index in [9.17, 15) is 14.4 Å². The lowest BCUT2D eigenvalue weighted by molar-refractivity contribution is 0.374. The topological polar surface area (TPSA) is 86.8 Å². The van der Waals surface area contributed by atoms with E-state index in [-0.39, 0.29) is 11.1 Å². The van der Waals surface area contributed by atoms with Crippen LogP contribution >= 0.6 is 0 Å². The smallest absolute Gasteiger partial charge is 0.263 e. The van der Waals surface area contributed by atoms with Crippen LogP contribution in [0.5, 0.6) is 0 Å². The van der Waals surface area contributed by atoms with Crippen LogP contribution in [0.25, 0.3) is 17.1 Å². The van der Waals surface area contributed by atoms with Crippen molar-refractivity contribution in [1.82, 2.24) is 19.9 Å². The molecule has 0 spiro atoms. The first-order valence-corrected chi connectivity index (χ1v) is 12.3. The molecular formula is C27H27FN6O. The van der Waals surface area contributed by atoms with Crippen molar-refractivity contribution in [2.24, 2.45) is 5.92 Å². The number of anilines is 1. The number of nitrogens with zero attached hydrogens (tertiary/aromatic N) is 5. The van der Waals surface area contributed by atoms with Crippen LogP contribution in [-0.2, 0) is 0 Å². The van der Waals surface area contributed by atoms with Gasteiger partial charge in [-0.05, 0) is 75.4 Å². The molecule has 2 saturated heterocycles. The van der Waals surface area contributed by atoms with Crippen molar-refractivity contribution >= 4 is 5.82 Å². The average Bonchev–Trinajstić information content (AvgIpc) is 3.62. The Hall–Kier alpha value is -3.57. The van der Waals surface area contributed by atoms with Gasteiger partial charge in [-0.25, -0.2) is 9.37 Å². The number of piperidine rings is 1. The van der Waals surface area contributed by atoms with Crippen LogP contribution in [0.3, 0.4) is 0 Å². The number of rotatable bonds is 4. The fourth-order valence-corrected chi connectivity index (χ4v) is 5.47. The Morgan fingerprint density at radius 2 is 2.03 bits per heavy atom. The monoisotopic (exact) mass is 470 g/mol. The highest BCUT2D eigenvalue weighted by Crippen LogP contribution is 2.39. The van der Waals surface area contributed by atoms with Crippen LogP contribution in [-0.4, -0.2) is 40.2 Å². The first-order valence-electron chi connectivity index (χ1n) is 12.3. The van der Waals surface area contributed by atoms with E-state index >= 15 is 0 Å². The van der Waals surface area contributed by atoms with Crippen molar-refractivity contribution < 1.29 is 4.39 Å². The molecule has 1 N–H and O–H groups in total. The van der Waals surface area contributed by atoms with E-state index in [1.807, 2.05) is 25.1 Å². The minimum Gasteiger partial charge on any atom is -0.356 e. The van der Waals surface area contributed by atoms with Crippen molar-refractivity contribution in [2.75, 3.05) is 24.5 Å². The maximum atomic E-state index is 14.6. The standard InChI is InChI=1S/C27H27FN6O/c1-16-25(33-11-9-24-20(15-33)8-10-30-24)32-26(18-4-5-19(13-29)22(28)12-18)34(27(16)35)21-6-7-23(31-14-21)17-2-3-17/h4-7,12,14,17,20,24,30H,2-3,8-11,15H2,1H3. The Bertz CT molecular complexity index is 1390. The minimum atomic E-state index is -0.632. The highest BCUT2D eigenvalue weighted by molar-refractivity contribution is 5.64. The average molecular weight is 471 g/mol. The second kappa shape index (κ2) is 8.58. The number of hydrogen-bond donors (Lipinski definition) is 1. The van der Waals surface area contributed by atoms with Crippen LogP contribution in [0.2, 0.25) is 0 Å². The van der Waals surface area contributed by atoms with E-state index < -0.39 is 5.82 Å². The predicted molar refractivity (Wildman–Crippen MR) is 131 cm³/mol. The Morgan fingerprint density at radius 1 is 1.17 bits per heavy atom. The SMILES string of the molecule is Cc1c(N2CCC3NCCC3C2)nc(-c2ccc(C#N)c(F)c2)n(-c2ccc(C3CC3)nc2)c1=O. The summed E-state index contributed by atoms with van der Waals surface area (Å²) in [6.45, 7) is 4.49. The lowest BCUT2D eigenvalue weighted by Crippen LogP contribution is -2.45. The molecule has 6 rings (SSSR count). The third-order valence-corrected chi connectivity index (χ3v) is 7.61. The molecule has 0 amide bonds. The zero-order valence-corrected chi connectivity index (χ0v) is 19.7. The molecule has 2 aromatic heterocycles. The first kappa shape index (κ1) is 21.9. The number of hydrogen-bond acceptors (Lipinski definition) is 6. The summed E-state index contributed by atoms with van der Waals surface area (Å²) >= 11 is 0. The lowest BCUT2D eigenvalue weighted by atomic mass is 9.93. The molecular weight excluding hydrogens is 443 g/mol. The molecule has 35 heavy (non-hydrogen) atoms. The molecule has 1 aliphatic carbocycles. The third kappa shape index (κ3) is 3.90. The zero-order chi connectivity index (χ0) is 24.1. The molecule has 0 radical (unpaired) electrons. The van der Waals surface area contributed by atoms with Gasteiger partial charge >= 0.3 is 0 Å². The summed E-state index contributed by atoms with van der Waals surface area (Å²) in [5, 5.41) is 12.7. The molecule has 2 unspecified atom stereocenters. The maximum absolute atomic E-state index is 14.6. The van der Waals surface area contributed by atoms with Gasteiger partial charge in [0.05, 0.1) is 23.0 Å². The molecule has 2 aliphatic heterocycles. The van der Waals surface area contributed by atoms with Gasteiger partial charge in [0.15, 0.2) is 0 Å². The lowest BCUT2D eigenvalue weighted by Gasteiger charge is -2.36. The fourth-order valence-electron chi connectivity index (χ4n) is 5.47. The van der Waals surface area contributed by atoms with Crippen molar-refractivity contribution in [1.29, 1.82) is 5.26 Å². The summed E-state index contributed by atoms with van der Waals surface area (Å²) in [6, 6.07) is 10.6. The summed E-state index contributed by atoms with van der Waals surface area (Å²) in [7, 11) is 0. The van der Waals surface area contributed by atoms with E-state index in [1.54, 1.807) is 12.3 Å². The fraction of sp³-hybridized carbons (Fsp3) is 0.407. The van der Waals surface area contributed by atoms with Crippen LogP contribution in [0.15, 0.2) is 41.3 Å². The molecule has 2 atom stereocenters. The molecule has 4 heterocycles. The number of fused-ring (bicyclic) bond motifs is 1. The van der Waals surface area contributed by atoms with E-state index in [1.165, 1.54) is 16.7 Å². The van der Waals surface area contributed by atoms with Gasteiger partial charge in [-0.2, -0.15) is 5.26 Å². The number of aromatic nitrogens is 3. The van der Waals surface area contributed by atoms with Crippen molar-refractivity contribution in [2.45, 2.75) is 44.6 Å². The van der Waals surface area contributed by atoms with E-state index in [0.29, 0.717) is 46.3 Å². The van der Waals surface area contributed by atoms with Gasteiger partial charge in [0.2, 0.25) is 0 Å². The summed E-state index contributed by atoms with van der Waals surface area (Å²) in [5.74, 6) is 1.41. The molecule has 3 fully saturated rings. The minimum absolute atomic E-state index is 0.0405. The largest absolute Gasteiger partial charge is 0.356 e. The van der Waals surface area contributed by atoms with Gasteiger partial charge in [0, 0.05) is 36.3 Å². The van der Waals surface area contributed by atoms with Crippen LogP contribution < -0.4 is 15.8 Å². The van der Waals surface area contributed by atoms with Gasteiger partial charge in [0.1, 0.15) is 23.5 Å². The quantitative estimate of drug-likeness (QED) is 0.626. The summed E-state index contributed by atoms with van der Waals surface area (Å²) in [6.07, 6.45) is 6.11. The molecule has 0 bridgehead atoms. The van der Waals surface area contributed by atoms with Crippen molar-refractivity contribution in [3.05, 3.63) is 69.5 Å². The third-order valence-electron chi connectivity index (χ3n) is 7.61. The molecule has 7 nitrogen and oxygen atoms in total. The molecule has 1 aromatic carbocycles. The molecule has 3 aromatic rings. The number of benzene rings is 1. The zero-order valence-electron chi connectivity index (χ0n) is 19.7. The summed E-state index contributed by atoms with van der Waals surface area (Å²) in [5.41, 5.74) is 2.41. The Labute approximate surface area is 203 Å². The normalized spacial score (nSPS) is 21.6. The van der Waals surface area contributed by atoms with Crippen molar-refractivity contribution in [3.8, 4) is 23.1 Å². The van der Waals surface area contributed by atoms with Gasteiger partial charge in [-0.3, -0.25) is 14.3 Å². The molecule has 178 valence electrons. The first-order chi connectivity index (χ1) is 17.0. The summed E-state index contributed by atoms with van der Waals surface area (Å²) < 4.78 is 16.2. The Balaban J connectivity index is 1.49. The van der Waals surface area contributed by atoms with Crippen LogP contribution in [0, 0.1) is 30.0 Å². The molecule has 8 heteroatoms.